The lowest BCUT2D eigenvalue weighted by molar-refractivity contribution is -0.139. The molecule has 1 aromatic rings. The van der Waals surface area contributed by atoms with Crippen molar-refractivity contribution in [3.8, 4) is 0 Å². The van der Waals surface area contributed by atoms with Crippen LogP contribution in [-0.2, 0) is 20.9 Å². The van der Waals surface area contributed by atoms with Gasteiger partial charge in [-0.2, -0.15) is 0 Å². The second-order valence-corrected chi connectivity index (χ2v) is 5.98. The fourth-order valence-corrected chi connectivity index (χ4v) is 1.61. The van der Waals surface area contributed by atoms with Crippen LogP contribution in [-0.4, -0.2) is 41.4 Å². The highest BCUT2D eigenvalue weighted by atomic mass is 16.6. The summed E-state index contributed by atoms with van der Waals surface area (Å²) in [5.74, 6) is -1.30. The molecule has 0 saturated carbocycles. The molecule has 1 aromatic carbocycles. The van der Waals surface area contributed by atoms with Gasteiger partial charge in [0.05, 0.1) is 6.54 Å². The van der Waals surface area contributed by atoms with E-state index in [1.807, 2.05) is 18.2 Å². The lowest BCUT2D eigenvalue weighted by atomic mass is 10.2. The maximum Gasteiger partial charge on any atom is 0.408 e. The summed E-state index contributed by atoms with van der Waals surface area (Å²) in [6, 6.07) is 7.70. The number of benzene rings is 1. The Kier molecular flexibility index (Phi) is 7.03. The summed E-state index contributed by atoms with van der Waals surface area (Å²) in [6.45, 7) is 4.69. The summed E-state index contributed by atoms with van der Waals surface area (Å²) < 4.78 is 9.93. The lowest BCUT2D eigenvalue weighted by Gasteiger charge is -2.22. The standard InChI is InChI=1S/C16H22N2O6/c1-16(2,3)24-15(22)18-12(13(19)20)9-17-14(21)23-10-11-7-5-4-6-8-11/h4-8,12H,9-10H2,1-3H3,(H,17,21)(H,18,22)(H,19,20)/t12-/m1/s1. The minimum absolute atomic E-state index is 0.0594. The van der Waals surface area contributed by atoms with Crippen molar-refractivity contribution < 1.29 is 29.0 Å². The van der Waals surface area contributed by atoms with E-state index in [1.54, 1.807) is 32.9 Å². The molecule has 132 valence electrons. The van der Waals surface area contributed by atoms with Crippen LogP contribution in [0.5, 0.6) is 0 Å². The van der Waals surface area contributed by atoms with Gasteiger partial charge in [-0.05, 0) is 26.3 Å². The van der Waals surface area contributed by atoms with Crippen LogP contribution in [0.3, 0.4) is 0 Å². The van der Waals surface area contributed by atoms with E-state index in [1.165, 1.54) is 0 Å². The monoisotopic (exact) mass is 338 g/mol. The number of carbonyl (C=O) groups is 3. The predicted octanol–water partition coefficient (Wildman–Crippen LogP) is 1.89. The van der Waals surface area contributed by atoms with Crippen LogP contribution in [0.15, 0.2) is 30.3 Å². The van der Waals surface area contributed by atoms with Gasteiger partial charge in [-0.3, -0.25) is 0 Å². The Morgan fingerprint density at radius 2 is 1.75 bits per heavy atom. The molecule has 0 saturated heterocycles. The zero-order valence-electron chi connectivity index (χ0n) is 13.9. The highest BCUT2D eigenvalue weighted by molar-refractivity contribution is 5.81. The summed E-state index contributed by atoms with van der Waals surface area (Å²) in [4.78, 5) is 34.3. The second-order valence-electron chi connectivity index (χ2n) is 5.98. The minimum Gasteiger partial charge on any atom is -0.480 e. The summed E-state index contributed by atoms with van der Waals surface area (Å²) in [5, 5.41) is 13.5. The topological polar surface area (TPSA) is 114 Å². The lowest BCUT2D eigenvalue weighted by Crippen LogP contribution is -2.49. The number of alkyl carbamates (subject to hydrolysis) is 2. The van der Waals surface area contributed by atoms with E-state index in [2.05, 4.69) is 10.6 Å². The Hall–Kier alpha value is -2.77. The van der Waals surface area contributed by atoms with E-state index < -0.39 is 29.8 Å². The van der Waals surface area contributed by atoms with Gasteiger partial charge >= 0.3 is 18.2 Å². The van der Waals surface area contributed by atoms with Gasteiger partial charge in [0.1, 0.15) is 18.2 Å². The van der Waals surface area contributed by atoms with E-state index >= 15 is 0 Å². The van der Waals surface area contributed by atoms with Crippen molar-refractivity contribution in [3.63, 3.8) is 0 Å². The molecule has 24 heavy (non-hydrogen) atoms. The molecule has 0 heterocycles. The van der Waals surface area contributed by atoms with Gasteiger partial charge in [-0.25, -0.2) is 14.4 Å². The predicted molar refractivity (Wildman–Crippen MR) is 85.4 cm³/mol. The molecule has 0 aliphatic carbocycles. The van der Waals surface area contributed by atoms with Gasteiger partial charge in [0.2, 0.25) is 0 Å². The smallest absolute Gasteiger partial charge is 0.408 e. The first-order valence-corrected chi connectivity index (χ1v) is 7.34. The summed E-state index contributed by atoms with van der Waals surface area (Å²) in [5.41, 5.74) is 0.0455. The zero-order chi connectivity index (χ0) is 18.2. The minimum atomic E-state index is -1.33. The molecule has 8 nitrogen and oxygen atoms in total. The third kappa shape index (κ3) is 8.02. The third-order valence-electron chi connectivity index (χ3n) is 2.65. The Bertz CT molecular complexity index is 568. The number of nitrogens with one attached hydrogen (secondary N) is 2. The fraction of sp³-hybridized carbons (Fsp3) is 0.438. The molecule has 1 atom stereocenters. The quantitative estimate of drug-likeness (QED) is 0.730. The van der Waals surface area contributed by atoms with Crippen molar-refractivity contribution in [2.24, 2.45) is 0 Å². The molecule has 0 bridgehead atoms. The number of carboxylic acids is 1. The molecular formula is C16H22N2O6. The largest absolute Gasteiger partial charge is 0.480 e. The maximum atomic E-state index is 11.6. The van der Waals surface area contributed by atoms with Crippen molar-refractivity contribution in [2.45, 2.75) is 39.0 Å². The van der Waals surface area contributed by atoms with Crippen molar-refractivity contribution in [2.75, 3.05) is 6.54 Å². The number of aliphatic carboxylic acids is 1. The fourth-order valence-electron chi connectivity index (χ4n) is 1.61. The van der Waals surface area contributed by atoms with Crippen molar-refractivity contribution >= 4 is 18.2 Å². The van der Waals surface area contributed by atoms with Crippen LogP contribution in [0.25, 0.3) is 0 Å². The number of ether oxygens (including phenoxy) is 2. The first-order valence-electron chi connectivity index (χ1n) is 7.34. The molecule has 0 aliphatic rings. The summed E-state index contributed by atoms with van der Waals surface area (Å²) in [6.07, 6.45) is -1.66. The average molecular weight is 338 g/mol. The maximum absolute atomic E-state index is 11.6. The Balaban J connectivity index is 2.41. The number of carbonyl (C=O) groups excluding carboxylic acids is 2. The molecule has 0 aliphatic heterocycles. The zero-order valence-corrected chi connectivity index (χ0v) is 13.9. The van der Waals surface area contributed by atoms with Gasteiger partial charge in [-0.1, -0.05) is 30.3 Å². The third-order valence-corrected chi connectivity index (χ3v) is 2.65. The van der Waals surface area contributed by atoms with E-state index in [-0.39, 0.29) is 13.2 Å². The number of hydrogen-bond donors (Lipinski definition) is 3. The van der Waals surface area contributed by atoms with Crippen LogP contribution in [0.4, 0.5) is 9.59 Å². The van der Waals surface area contributed by atoms with Gasteiger partial charge in [0.25, 0.3) is 0 Å². The molecule has 1 rings (SSSR count). The molecule has 0 fully saturated rings. The molecule has 3 N–H and O–H groups in total. The van der Waals surface area contributed by atoms with Crippen molar-refractivity contribution in [1.29, 1.82) is 0 Å². The number of carboxylic acid groups (broad SMARTS) is 1. The van der Waals surface area contributed by atoms with Crippen LogP contribution >= 0.6 is 0 Å². The normalized spacial score (nSPS) is 12.0. The molecular weight excluding hydrogens is 316 g/mol. The summed E-state index contributed by atoms with van der Waals surface area (Å²) >= 11 is 0. The molecule has 8 heteroatoms. The first kappa shape index (κ1) is 19.3. The molecule has 0 unspecified atom stereocenters. The van der Waals surface area contributed by atoms with E-state index in [9.17, 15) is 14.4 Å². The second kappa shape index (κ2) is 8.76. The molecule has 0 spiro atoms. The van der Waals surface area contributed by atoms with Crippen LogP contribution in [0, 0.1) is 0 Å². The van der Waals surface area contributed by atoms with E-state index in [0.717, 1.165) is 5.56 Å². The van der Waals surface area contributed by atoms with Crippen LogP contribution < -0.4 is 10.6 Å². The van der Waals surface area contributed by atoms with Crippen LogP contribution in [0.2, 0.25) is 0 Å². The summed E-state index contributed by atoms with van der Waals surface area (Å²) in [7, 11) is 0. The Labute approximate surface area is 140 Å². The average Bonchev–Trinajstić information content (AvgIpc) is 2.48. The van der Waals surface area contributed by atoms with Gasteiger partial charge in [0, 0.05) is 0 Å². The molecule has 0 aromatic heterocycles. The van der Waals surface area contributed by atoms with E-state index in [4.69, 9.17) is 14.6 Å². The molecule has 0 radical (unpaired) electrons. The Morgan fingerprint density at radius 1 is 1.12 bits per heavy atom. The number of amides is 2. The first-order chi connectivity index (χ1) is 11.2. The number of hydrogen-bond acceptors (Lipinski definition) is 5. The number of rotatable bonds is 6. The van der Waals surface area contributed by atoms with Gasteiger partial charge in [-0.15, -0.1) is 0 Å². The van der Waals surface area contributed by atoms with E-state index in [0.29, 0.717) is 0 Å². The SMILES string of the molecule is CC(C)(C)OC(=O)N[C@H](CNC(=O)OCc1ccccc1)C(=O)O. The van der Waals surface area contributed by atoms with Gasteiger partial charge in [0.15, 0.2) is 0 Å². The van der Waals surface area contributed by atoms with Crippen molar-refractivity contribution in [1.82, 2.24) is 10.6 Å². The van der Waals surface area contributed by atoms with Gasteiger partial charge < -0.3 is 25.2 Å². The highest BCUT2D eigenvalue weighted by Crippen LogP contribution is 2.06. The van der Waals surface area contributed by atoms with Crippen LogP contribution in [0.1, 0.15) is 26.3 Å². The Morgan fingerprint density at radius 3 is 2.29 bits per heavy atom. The highest BCUT2D eigenvalue weighted by Gasteiger charge is 2.24. The molecule has 2 amide bonds. The van der Waals surface area contributed by atoms with Crippen molar-refractivity contribution in [3.05, 3.63) is 35.9 Å².